The molecule has 0 saturated carbocycles. The number of benzene rings is 1. The summed E-state index contributed by atoms with van der Waals surface area (Å²) in [5.41, 5.74) is 1.60. The molecular formula is C21H24FN3O2. The highest BCUT2D eigenvalue weighted by molar-refractivity contribution is 6.03. The van der Waals surface area contributed by atoms with Gasteiger partial charge in [-0.2, -0.15) is 5.10 Å². The van der Waals surface area contributed by atoms with Crippen LogP contribution in [0.1, 0.15) is 43.6 Å². The van der Waals surface area contributed by atoms with Gasteiger partial charge in [-0.25, -0.2) is 9.40 Å². The fourth-order valence-corrected chi connectivity index (χ4v) is 3.74. The van der Waals surface area contributed by atoms with Crippen LogP contribution in [-0.2, 0) is 4.79 Å². The van der Waals surface area contributed by atoms with Gasteiger partial charge in [0.15, 0.2) is 0 Å². The van der Waals surface area contributed by atoms with Gasteiger partial charge >= 0.3 is 0 Å². The molecule has 0 unspecified atom stereocenters. The monoisotopic (exact) mass is 369 g/mol. The van der Waals surface area contributed by atoms with E-state index < -0.39 is 0 Å². The molecule has 0 spiro atoms. The van der Waals surface area contributed by atoms with Crippen molar-refractivity contribution >= 4 is 11.6 Å². The molecule has 2 aliphatic heterocycles. The molecule has 142 valence electrons. The SMILES string of the molecule is CC1CCN(CC(=O)N2N=C(c3ccc(F)cc3)C[C@H]2c2ccco2)CC1. The molecule has 2 aliphatic rings. The summed E-state index contributed by atoms with van der Waals surface area (Å²) in [4.78, 5) is 15.2. The number of nitrogens with zero attached hydrogens (tertiary/aromatic N) is 3. The van der Waals surface area contributed by atoms with E-state index in [0.29, 0.717) is 13.0 Å². The standard InChI is InChI=1S/C21H24FN3O2/c1-15-8-10-24(11-9-15)14-21(26)25-19(20-3-2-12-27-20)13-18(23-25)16-4-6-17(22)7-5-16/h2-7,12,15,19H,8-11,13-14H2,1H3/t19-/m0/s1. The van der Waals surface area contributed by atoms with E-state index >= 15 is 0 Å². The quantitative estimate of drug-likeness (QED) is 0.823. The molecule has 1 saturated heterocycles. The van der Waals surface area contributed by atoms with E-state index in [1.807, 2.05) is 12.1 Å². The number of hydrazone groups is 1. The maximum absolute atomic E-state index is 13.2. The Balaban J connectivity index is 1.54. The van der Waals surface area contributed by atoms with Crippen molar-refractivity contribution in [3.05, 3.63) is 59.8 Å². The van der Waals surface area contributed by atoms with Crippen molar-refractivity contribution in [3.63, 3.8) is 0 Å². The molecule has 4 rings (SSSR count). The van der Waals surface area contributed by atoms with Crippen LogP contribution in [0.25, 0.3) is 0 Å². The first-order chi connectivity index (χ1) is 13.1. The second-order valence-corrected chi connectivity index (χ2v) is 7.49. The van der Waals surface area contributed by atoms with Crippen LogP contribution in [0, 0.1) is 11.7 Å². The number of piperidine rings is 1. The Morgan fingerprint density at radius 2 is 1.96 bits per heavy atom. The normalized spacial score (nSPS) is 21.5. The first-order valence-corrected chi connectivity index (χ1v) is 9.51. The minimum absolute atomic E-state index is 0.0249. The molecule has 3 heterocycles. The summed E-state index contributed by atoms with van der Waals surface area (Å²) in [5, 5.41) is 6.15. The summed E-state index contributed by atoms with van der Waals surface area (Å²) in [6, 6.07) is 9.67. The van der Waals surface area contributed by atoms with E-state index in [9.17, 15) is 9.18 Å². The third-order valence-electron chi connectivity index (χ3n) is 5.45. The average Bonchev–Trinajstić information content (AvgIpc) is 3.33. The van der Waals surface area contributed by atoms with Crippen molar-refractivity contribution in [1.29, 1.82) is 0 Å². The zero-order valence-corrected chi connectivity index (χ0v) is 15.5. The summed E-state index contributed by atoms with van der Waals surface area (Å²) in [5.74, 6) is 1.13. The Bertz CT molecular complexity index is 808. The number of hydrogen-bond donors (Lipinski definition) is 0. The Morgan fingerprint density at radius 3 is 2.63 bits per heavy atom. The lowest BCUT2D eigenvalue weighted by Crippen LogP contribution is -2.41. The number of rotatable bonds is 4. The number of hydrogen-bond acceptors (Lipinski definition) is 4. The van der Waals surface area contributed by atoms with Gasteiger partial charge in [0, 0.05) is 6.42 Å². The largest absolute Gasteiger partial charge is 0.467 e. The molecule has 27 heavy (non-hydrogen) atoms. The minimum Gasteiger partial charge on any atom is -0.467 e. The van der Waals surface area contributed by atoms with Gasteiger partial charge in [-0.3, -0.25) is 9.69 Å². The van der Waals surface area contributed by atoms with Crippen molar-refractivity contribution in [2.45, 2.75) is 32.2 Å². The maximum Gasteiger partial charge on any atom is 0.257 e. The lowest BCUT2D eigenvalue weighted by Gasteiger charge is -2.31. The molecule has 5 nitrogen and oxygen atoms in total. The molecule has 0 bridgehead atoms. The van der Waals surface area contributed by atoms with Gasteiger partial charge in [0.1, 0.15) is 17.6 Å². The predicted octanol–water partition coefficient (Wildman–Crippen LogP) is 3.83. The highest BCUT2D eigenvalue weighted by Crippen LogP contribution is 2.33. The lowest BCUT2D eigenvalue weighted by molar-refractivity contribution is -0.134. The molecule has 0 radical (unpaired) electrons. The first kappa shape index (κ1) is 17.9. The minimum atomic E-state index is -0.285. The van der Waals surface area contributed by atoms with Crippen molar-refractivity contribution < 1.29 is 13.6 Å². The average molecular weight is 369 g/mol. The summed E-state index contributed by atoms with van der Waals surface area (Å²) in [7, 11) is 0. The van der Waals surface area contributed by atoms with E-state index in [4.69, 9.17) is 4.42 Å². The van der Waals surface area contributed by atoms with Crippen molar-refractivity contribution in [3.8, 4) is 0 Å². The van der Waals surface area contributed by atoms with Gasteiger partial charge in [0.2, 0.25) is 0 Å². The van der Waals surface area contributed by atoms with Gasteiger partial charge < -0.3 is 4.42 Å². The number of halogens is 1. The molecule has 1 fully saturated rings. The maximum atomic E-state index is 13.2. The van der Waals surface area contributed by atoms with E-state index in [2.05, 4.69) is 16.9 Å². The van der Waals surface area contributed by atoms with Crippen LogP contribution < -0.4 is 0 Å². The van der Waals surface area contributed by atoms with E-state index in [-0.39, 0.29) is 17.8 Å². The highest BCUT2D eigenvalue weighted by atomic mass is 19.1. The van der Waals surface area contributed by atoms with E-state index in [0.717, 1.165) is 48.9 Å². The topological polar surface area (TPSA) is 49.1 Å². The molecule has 0 N–H and O–H groups in total. The van der Waals surface area contributed by atoms with E-state index in [1.165, 1.54) is 12.1 Å². The zero-order valence-electron chi connectivity index (χ0n) is 15.5. The van der Waals surface area contributed by atoms with Gasteiger partial charge in [0.05, 0.1) is 18.5 Å². The number of carbonyl (C=O) groups excluding carboxylic acids is 1. The highest BCUT2D eigenvalue weighted by Gasteiger charge is 2.35. The van der Waals surface area contributed by atoms with Crippen LogP contribution in [0.4, 0.5) is 4.39 Å². The molecule has 1 amide bonds. The number of likely N-dealkylation sites (tertiary alicyclic amines) is 1. The molecule has 0 aliphatic carbocycles. The molecule has 1 atom stereocenters. The summed E-state index contributed by atoms with van der Waals surface area (Å²) >= 11 is 0. The van der Waals surface area contributed by atoms with Crippen LogP contribution in [0.3, 0.4) is 0 Å². The lowest BCUT2D eigenvalue weighted by atomic mass is 9.99. The van der Waals surface area contributed by atoms with Gasteiger partial charge in [0.25, 0.3) is 5.91 Å². The number of furan rings is 1. The Hall–Kier alpha value is -2.47. The van der Waals surface area contributed by atoms with E-state index in [1.54, 1.807) is 23.4 Å². The second kappa shape index (κ2) is 7.64. The third kappa shape index (κ3) is 3.95. The van der Waals surface area contributed by atoms with Crippen LogP contribution in [0.2, 0.25) is 0 Å². The van der Waals surface area contributed by atoms with Crippen LogP contribution in [0.5, 0.6) is 0 Å². The summed E-state index contributed by atoms with van der Waals surface area (Å²) in [6.45, 7) is 4.51. The molecule has 1 aromatic carbocycles. The molecule has 2 aromatic rings. The molecular weight excluding hydrogens is 345 g/mol. The fraction of sp³-hybridized carbons (Fsp3) is 0.429. The Kier molecular flexibility index (Phi) is 5.07. The van der Waals surface area contributed by atoms with Crippen molar-refractivity contribution in [2.75, 3.05) is 19.6 Å². The predicted molar refractivity (Wildman–Crippen MR) is 101 cm³/mol. The van der Waals surface area contributed by atoms with Crippen molar-refractivity contribution in [2.24, 2.45) is 11.0 Å². The Labute approximate surface area is 158 Å². The zero-order chi connectivity index (χ0) is 18.8. The number of amides is 1. The van der Waals surface area contributed by atoms with Gasteiger partial charge in [-0.05, 0) is 61.7 Å². The van der Waals surface area contributed by atoms with Gasteiger partial charge in [-0.15, -0.1) is 0 Å². The number of carbonyl (C=O) groups is 1. The Morgan fingerprint density at radius 1 is 1.22 bits per heavy atom. The van der Waals surface area contributed by atoms with Crippen LogP contribution >= 0.6 is 0 Å². The second-order valence-electron chi connectivity index (χ2n) is 7.49. The molecule has 6 heteroatoms. The molecule has 1 aromatic heterocycles. The summed E-state index contributed by atoms with van der Waals surface area (Å²) < 4.78 is 18.8. The first-order valence-electron chi connectivity index (χ1n) is 9.51. The van der Waals surface area contributed by atoms with Crippen LogP contribution in [0.15, 0.2) is 52.2 Å². The third-order valence-corrected chi connectivity index (χ3v) is 5.45. The van der Waals surface area contributed by atoms with Crippen molar-refractivity contribution in [1.82, 2.24) is 9.91 Å². The summed E-state index contributed by atoms with van der Waals surface area (Å²) in [6.07, 6.45) is 4.42. The van der Waals surface area contributed by atoms with Gasteiger partial charge in [-0.1, -0.05) is 19.1 Å². The van der Waals surface area contributed by atoms with Crippen LogP contribution in [-0.4, -0.2) is 41.2 Å². The smallest absolute Gasteiger partial charge is 0.257 e. The fourth-order valence-electron chi connectivity index (χ4n) is 3.74.